The normalized spacial score (nSPS) is 11.1. The summed E-state index contributed by atoms with van der Waals surface area (Å²) >= 11 is 0. The Hall–Kier alpha value is -5.20. The van der Waals surface area contributed by atoms with Crippen LogP contribution >= 0.6 is 0 Å². The quantitative estimate of drug-likeness (QED) is 0.160. The van der Waals surface area contributed by atoms with Crippen LogP contribution < -0.4 is 16.0 Å². The van der Waals surface area contributed by atoms with Crippen LogP contribution in [0.5, 0.6) is 0 Å². The summed E-state index contributed by atoms with van der Waals surface area (Å²) < 4.78 is 38.7. The van der Waals surface area contributed by atoms with Gasteiger partial charge in [-0.2, -0.15) is 13.2 Å². The van der Waals surface area contributed by atoms with Gasteiger partial charge in [0.15, 0.2) is 0 Å². The summed E-state index contributed by atoms with van der Waals surface area (Å²) in [7, 11) is 0. The van der Waals surface area contributed by atoms with Crippen LogP contribution in [0.3, 0.4) is 0 Å². The molecule has 0 aliphatic heterocycles. The van der Waals surface area contributed by atoms with Crippen LogP contribution in [0.4, 0.5) is 58.7 Å². The van der Waals surface area contributed by atoms with Crippen molar-refractivity contribution < 1.29 is 23.0 Å². The Morgan fingerprint density at radius 1 is 0.711 bits per heavy atom. The zero-order valence-electron chi connectivity index (χ0n) is 19.6. The van der Waals surface area contributed by atoms with Crippen LogP contribution in [-0.4, -0.2) is 14.8 Å². The van der Waals surface area contributed by atoms with E-state index in [4.69, 9.17) is 0 Å². The molecule has 38 heavy (non-hydrogen) atoms. The van der Waals surface area contributed by atoms with Gasteiger partial charge in [-0.05, 0) is 61.5 Å². The molecule has 4 rings (SSSR count). The van der Waals surface area contributed by atoms with Gasteiger partial charge >= 0.3 is 6.18 Å². The molecule has 0 atom stereocenters. The summed E-state index contributed by atoms with van der Waals surface area (Å²) in [6.07, 6.45) is -2.93. The van der Waals surface area contributed by atoms with Gasteiger partial charge in [-0.3, -0.25) is 25.2 Å². The molecular formula is C25H19F3N6O4. The van der Waals surface area contributed by atoms with Gasteiger partial charge in [0, 0.05) is 11.9 Å². The summed E-state index contributed by atoms with van der Waals surface area (Å²) in [5, 5.41) is 32.3. The molecule has 13 heteroatoms. The van der Waals surface area contributed by atoms with Crippen molar-refractivity contribution in [1.82, 2.24) is 4.98 Å². The zero-order valence-corrected chi connectivity index (χ0v) is 19.6. The predicted molar refractivity (Wildman–Crippen MR) is 136 cm³/mol. The Morgan fingerprint density at radius 2 is 1.24 bits per heavy atom. The molecule has 0 saturated carbocycles. The fraction of sp³-hybridized carbons (Fsp3) is 0.0800. The lowest BCUT2D eigenvalue weighted by molar-refractivity contribution is -0.393. The SMILES string of the molecule is Cc1ncccc1Nc1cc(Nc2ccccc2Nc2ccc(C(F)(F)F)cc2)c([N+](=O)[O-])cc1[N+](=O)[O-]. The Balaban J connectivity index is 1.71. The topological polar surface area (TPSA) is 135 Å². The lowest BCUT2D eigenvalue weighted by atomic mass is 10.1. The number of nitro benzene ring substituents is 2. The lowest BCUT2D eigenvalue weighted by Gasteiger charge is -2.16. The van der Waals surface area contributed by atoms with Gasteiger partial charge in [-0.25, -0.2) is 0 Å². The molecule has 194 valence electrons. The van der Waals surface area contributed by atoms with E-state index in [0.29, 0.717) is 28.4 Å². The molecule has 0 saturated heterocycles. The first-order chi connectivity index (χ1) is 18.0. The number of halogens is 3. The highest BCUT2D eigenvalue weighted by Gasteiger charge is 2.30. The number of aromatic nitrogens is 1. The molecule has 0 fully saturated rings. The fourth-order valence-electron chi connectivity index (χ4n) is 3.59. The molecular weight excluding hydrogens is 505 g/mol. The van der Waals surface area contributed by atoms with E-state index >= 15 is 0 Å². The van der Waals surface area contributed by atoms with Crippen molar-refractivity contribution in [2.24, 2.45) is 0 Å². The fourth-order valence-corrected chi connectivity index (χ4v) is 3.59. The van der Waals surface area contributed by atoms with Crippen molar-refractivity contribution >= 4 is 45.5 Å². The Morgan fingerprint density at radius 3 is 1.76 bits per heavy atom. The van der Waals surface area contributed by atoms with Gasteiger partial charge in [-0.1, -0.05) is 12.1 Å². The number of hydrogen-bond donors (Lipinski definition) is 3. The van der Waals surface area contributed by atoms with E-state index < -0.39 is 33.0 Å². The number of anilines is 6. The highest BCUT2D eigenvalue weighted by Crippen LogP contribution is 2.40. The number of para-hydroxylation sites is 2. The minimum Gasteiger partial charge on any atom is -0.354 e. The Kier molecular flexibility index (Phi) is 7.10. The molecule has 1 aromatic heterocycles. The van der Waals surface area contributed by atoms with Crippen molar-refractivity contribution in [2.75, 3.05) is 16.0 Å². The Labute approximate surface area is 213 Å². The van der Waals surface area contributed by atoms with Gasteiger partial charge in [0.05, 0.1) is 44.2 Å². The van der Waals surface area contributed by atoms with Crippen LogP contribution in [0.25, 0.3) is 0 Å². The first kappa shape index (κ1) is 25.9. The van der Waals surface area contributed by atoms with Crippen LogP contribution in [0.1, 0.15) is 11.3 Å². The number of aryl methyl sites for hydroxylation is 1. The maximum atomic E-state index is 12.9. The molecule has 0 amide bonds. The number of nitrogens with one attached hydrogen (secondary N) is 3. The van der Waals surface area contributed by atoms with Crippen LogP contribution in [0.2, 0.25) is 0 Å². The first-order valence-electron chi connectivity index (χ1n) is 11.0. The lowest BCUT2D eigenvalue weighted by Crippen LogP contribution is -2.05. The van der Waals surface area contributed by atoms with Crippen LogP contribution in [0.15, 0.2) is 79.0 Å². The summed E-state index contributed by atoms with van der Waals surface area (Å²) in [6, 6.07) is 16.3. The molecule has 1 heterocycles. The van der Waals surface area contributed by atoms with Crippen molar-refractivity contribution in [1.29, 1.82) is 0 Å². The number of rotatable bonds is 8. The minimum absolute atomic E-state index is 0.00706. The third kappa shape index (κ3) is 5.78. The molecule has 10 nitrogen and oxygen atoms in total. The van der Waals surface area contributed by atoms with Crippen molar-refractivity contribution in [3.63, 3.8) is 0 Å². The van der Waals surface area contributed by atoms with E-state index in [-0.39, 0.29) is 11.4 Å². The molecule has 4 aromatic rings. The third-order valence-electron chi connectivity index (χ3n) is 5.47. The summed E-state index contributed by atoms with van der Waals surface area (Å²) in [6.45, 7) is 1.70. The van der Waals surface area contributed by atoms with Gasteiger partial charge < -0.3 is 16.0 Å². The van der Waals surface area contributed by atoms with Crippen molar-refractivity contribution in [2.45, 2.75) is 13.1 Å². The standard InChI is InChI=1S/C25H19F3N6O4/c1-15-18(7-4-12-29-15)31-21-13-22(24(34(37)38)14-23(21)33(35)36)32-20-6-3-2-5-19(20)30-17-10-8-16(9-11-17)25(26,27)28/h2-14,30-32H,1H3. The van der Waals surface area contributed by atoms with Gasteiger partial charge in [-0.15, -0.1) is 0 Å². The van der Waals surface area contributed by atoms with E-state index in [2.05, 4.69) is 20.9 Å². The maximum absolute atomic E-state index is 12.9. The molecule has 0 radical (unpaired) electrons. The van der Waals surface area contributed by atoms with E-state index in [1.807, 2.05) is 0 Å². The highest BCUT2D eigenvalue weighted by molar-refractivity contribution is 5.86. The number of benzene rings is 3. The highest BCUT2D eigenvalue weighted by atomic mass is 19.4. The van der Waals surface area contributed by atoms with Gasteiger partial charge in [0.1, 0.15) is 11.4 Å². The number of nitrogens with zero attached hydrogens (tertiary/aromatic N) is 3. The molecule has 0 unspecified atom stereocenters. The first-order valence-corrected chi connectivity index (χ1v) is 11.0. The second-order valence-corrected chi connectivity index (χ2v) is 8.03. The average molecular weight is 524 g/mol. The average Bonchev–Trinajstić information content (AvgIpc) is 2.86. The van der Waals surface area contributed by atoms with Gasteiger partial charge in [0.25, 0.3) is 11.4 Å². The van der Waals surface area contributed by atoms with Crippen molar-refractivity contribution in [3.05, 3.63) is 110 Å². The van der Waals surface area contributed by atoms with Crippen LogP contribution in [0, 0.1) is 27.2 Å². The number of alkyl halides is 3. The molecule has 0 aliphatic rings. The Bertz CT molecular complexity index is 1510. The molecule has 3 N–H and O–H groups in total. The van der Waals surface area contributed by atoms with E-state index in [1.54, 1.807) is 49.5 Å². The monoisotopic (exact) mass is 524 g/mol. The largest absolute Gasteiger partial charge is 0.416 e. The predicted octanol–water partition coefficient (Wildman–Crippen LogP) is 7.46. The van der Waals surface area contributed by atoms with E-state index in [0.717, 1.165) is 18.2 Å². The van der Waals surface area contributed by atoms with Crippen LogP contribution in [-0.2, 0) is 6.18 Å². The van der Waals surface area contributed by atoms with E-state index in [1.165, 1.54) is 18.2 Å². The molecule has 0 spiro atoms. The minimum atomic E-state index is -4.48. The number of hydrogen-bond acceptors (Lipinski definition) is 8. The summed E-state index contributed by atoms with van der Waals surface area (Å²) in [5.41, 5.74) is 0.195. The summed E-state index contributed by atoms with van der Waals surface area (Å²) in [4.78, 5) is 26.2. The van der Waals surface area contributed by atoms with E-state index in [9.17, 15) is 33.4 Å². The van der Waals surface area contributed by atoms with Crippen molar-refractivity contribution in [3.8, 4) is 0 Å². The smallest absolute Gasteiger partial charge is 0.354 e. The second kappa shape index (κ2) is 10.4. The van der Waals surface area contributed by atoms with Gasteiger partial charge in [0.2, 0.25) is 0 Å². The third-order valence-corrected chi connectivity index (χ3v) is 5.47. The maximum Gasteiger partial charge on any atom is 0.416 e. The molecule has 0 aliphatic carbocycles. The number of nitro groups is 2. The molecule has 3 aromatic carbocycles. The second-order valence-electron chi connectivity index (χ2n) is 8.03. The summed E-state index contributed by atoms with van der Waals surface area (Å²) in [5.74, 6) is 0. The molecule has 0 bridgehead atoms. The zero-order chi connectivity index (χ0) is 27.4. The number of pyridine rings is 1.